The molecule has 2 aliphatic heterocycles. The Balaban J connectivity index is 1.84. The topological polar surface area (TPSA) is 71.1 Å². The van der Waals surface area contributed by atoms with E-state index in [1.807, 2.05) is 44.2 Å². The molecule has 0 N–H and O–H groups in total. The second-order valence-electron chi connectivity index (χ2n) is 9.12. The Hall–Kier alpha value is -2.62. The van der Waals surface area contributed by atoms with Crippen LogP contribution in [-0.4, -0.2) is 41.5 Å². The SMILES string of the molecule is C#C[C@@](CCOCc1ccccc1)(C[C@@]12OC(=O)C[C@@H]1OC(C)(C)[C@H]2CC=C)OC(C)=O. The molecular formula is C26H32O6. The molecule has 0 aromatic heterocycles. The van der Waals surface area contributed by atoms with Crippen LogP contribution >= 0.6 is 0 Å². The monoisotopic (exact) mass is 440 g/mol. The van der Waals surface area contributed by atoms with Crippen molar-refractivity contribution in [3.05, 3.63) is 48.6 Å². The Labute approximate surface area is 190 Å². The maximum atomic E-state index is 12.3. The number of terminal acetylenes is 1. The van der Waals surface area contributed by atoms with E-state index in [-0.39, 0.29) is 37.8 Å². The van der Waals surface area contributed by atoms with E-state index in [2.05, 4.69) is 12.5 Å². The minimum Gasteiger partial charge on any atom is -0.456 e. The number of benzene rings is 1. The van der Waals surface area contributed by atoms with Gasteiger partial charge in [0.2, 0.25) is 0 Å². The third kappa shape index (κ3) is 4.90. The Morgan fingerprint density at radius 1 is 1.38 bits per heavy atom. The molecule has 0 radical (unpaired) electrons. The molecular weight excluding hydrogens is 408 g/mol. The van der Waals surface area contributed by atoms with Crippen molar-refractivity contribution in [1.82, 2.24) is 0 Å². The summed E-state index contributed by atoms with van der Waals surface area (Å²) in [4.78, 5) is 24.3. The first-order valence-corrected chi connectivity index (χ1v) is 11.0. The van der Waals surface area contributed by atoms with Gasteiger partial charge in [-0.25, -0.2) is 0 Å². The fraction of sp³-hybridized carbons (Fsp3) is 0.538. The number of hydrogen-bond donors (Lipinski definition) is 0. The average Bonchev–Trinajstić information content (AvgIpc) is 3.12. The van der Waals surface area contributed by atoms with E-state index < -0.39 is 28.9 Å². The molecule has 1 aromatic rings. The zero-order valence-corrected chi connectivity index (χ0v) is 19.1. The van der Waals surface area contributed by atoms with Gasteiger partial charge in [0, 0.05) is 25.7 Å². The molecule has 0 amide bonds. The van der Waals surface area contributed by atoms with Gasteiger partial charge in [-0.15, -0.1) is 13.0 Å². The predicted octanol–water partition coefficient (Wildman–Crippen LogP) is 3.97. The summed E-state index contributed by atoms with van der Waals surface area (Å²) in [5.41, 5.74) is -1.82. The highest BCUT2D eigenvalue weighted by Gasteiger charge is 2.67. The van der Waals surface area contributed by atoms with Crippen LogP contribution in [0.3, 0.4) is 0 Å². The normalized spacial score (nSPS) is 27.6. The summed E-state index contributed by atoms with van der Waals surface area (Å²) in [5, 5.41) is 0. The molecule has 4 atom stereocenters. The zero-order chi connectivity index (χ0) is 23.4. The maximum Gasteiger partial charge on any atom is 0.309 e. The van der Waals surface area contributed by atoms with Crippen LogP contribution in [0.2, 0.25) is 0 Å². The number of hydrogen-bond acceptors (Lipinski definition) is 6. The summed E-state index contributed by atoms with van der Waals surface area (Å²) >= 11 is 0. The van der Waals surface area contributed by atoms with Crippen molar-refractivity contribution in [3.63, 3.8) is 0 Å². The molecule has 0 bridgehead atoms. The van der Waals surface area contributed by atoms with Crippen LogP contribution in [0.15, 0.2) is 43.0 Å². The second-order valence-corrected chi connectivity index (χ2v) is 9.12. The van der Waals surface area contributed by atoms with Gasteiger partial charge in [-0.05, 0) is 25.8 Å². The van der Waals surface area contributed by atoms with Crippen LogP contribution in [0.5, 0.6) is 0 Å². The predicted molar refractivity (Wildman–Crippen MR) is 119 cm³/mol. The van der Waals surface area contributed by atoms with E-state index in [0.717, 1.165) is 5.56 Å². The summed E-state index contributed by atoms with van der Waals surface area (Å²) in [5.74, 6) is 1.67. The van der Waals surface area contributed by atoms with Gasteiger partial charge < -0.3 is 18.9 Å². The van der Waals surface area contributed by atoms with Gasteiger partial charge in [-0.1, -0.05) is 42.3 Å². The lowest BCUT2D eigenvalue weighted by Crippen LogP contribution is -2.52. The van der Waals surface area contributed by atoms with Crippen LogP contribution in [0.1, 0.15) is 52.0 Å². The maximum absolute atomic E-state index is 12.3. The Morgan fingerprint density at radius 2 is 2.09 bits per heavy atom. The Morgan fingerprint density at radius 3 is 2.72 bits per heavy atom. The standard InChI is InChI=1S/C26H32O6/c1-6-11-21-24(4,5)31-22-16-23(28)32-26(21,22)18-25(7-2,30-19(3)27)14-15-29-17-20-12-9-8-10-13-20/h2,6,8-10,12-13,21-22H,1,11,14-18H2,3-5H3/t21-,22+,25-,26+/m1/s1. The summed E-state index contributed by atoms with van der Waals surface area (Å²) in [7, 11) is 0. The summed E-state index contributed by atoms with van der Waals surface area (Å²) in [6.07, 6.45) is 8.39. The summed E-state index contributed by atoms with van der Waals surface area (Å²) in [6, 6.07) is 9.77. The third-order valence-electron chi connectivity index (χ3n) is 6.40. The number of fused-ring (bicyclic) bond motifs is 1. The molecule has 0 spiro atoms. The highest BCUT2D eigenvalue weighted by atomic mass is 16.6. The number of allylic oxidation sites excluding steroid dienone is 1. The van der Waals surface area contributed by atoms with Crippen LogP contribution < -0.4 is 0 Å². The zero-order valence-electron chi connectivity index (χ0n) is 19.1. The van der Waals surface area contributed by atoms with Crippen molar-refractivity contribution < 1.29 is 28.5 Å². The highest BCUT2D eigenvalue weighted by Crippen LogP contribution is 2.55. The Bertz CT molecular complexity index is 885. The van der Waals surface area contributed by atoms with E-state index in [0.29, 0.717) is 13.0 Å². The fourth-order valence-corrected chi connectivity index (χ4v) is 5.09. The number of rotatable bonds is 10. The molecule has 1 aromatic carbocycles. The van der Waals surface area contributed by atoms with Gasteiger partial charge in [0.25, 0.3) is 0 Å². The van der Waals surface area contributed by atoms with Crippen LogP contribution in [0.25, 0.3) is 0 Å². The minimum atomic E-state index is -1.30. The van der Waals surface area contributed by atoms with Gasteiger partial charge in [-0.2, -0.15) is 0 Å². The molecule has 3 rings (SSSR count). The van der Waals surface area contributed by atoms with Gasteiger partial charge in [0.05, 0.1) is 25.2 Å². The lowest BCUT2D eigenvalue weighted by molar-refractivity contribution is -0.168. The number of esters is 2. The lowest BCUT2D eigenvalue weighted by atomic mass is 9.70. The second kappa shape index (κ2) is 9.48. The average molecular weight is 441 g/mol. The van der Waals surface area contributed by atoms with Gasteiger partial charge in [-0.3, -0.25) is 9.59 Å². The molecule has 172 valence electrons. The van der Waals surface area contributed by atoms with E-state index >= 15 is 0 Å². The smallest absolute Gasteiger partial charge is 0.309 e. The van der Waals surface area contributed by atoms with E-state index in [9.17, 15) is 9.59 Å². The summed E-state index contributed by atoms with van der Waals surface area (Å²) < 4.78 is 23.7. The van der Waals surface area contributed by atoms with Crippen molar-refractivity contribution in [2.45, 2.75) is 76.0 Å². The number of carbonyl (C=O) groups is 2. The van der Waals surface area contributed by atoms with Crippen LogP contribution in [0.4, 0.5) is 0 Å². The molecule has 0 unspecified atom stereocenters. The van der Waals surface area contributed by atoms with Crippen LogP contribution in [0, 0.1) is 18.3 Å². The fourth-order valence-electron chi connectivity index (χ4n) is 5.09. The number of ether oxygens (including phenoxy) is 4. The molecule has 0 saturated carbocycles. The van der Waals surface area contributed by atoms with Crippen molar-refractivity contribution in [1.29, 1.82) is 0 Å². The molecule has 32 heavy (non-hydrogen) atoms. The van der Waals surface area contributed by atoms with Crippen LogP contribution in [-0.2, 0) is 35.1 Å². The molecule has 2 heterocycles. The van der Waals surface area contributed by atoms with Crippen molar-refractivity contribution in [2.75, 3.05) is 6.61 Å². The third-order valence-corrected chi connectivity index (χ3v) is 6.40. The number of carbonyl (C=O) groups excluding carboxylic acids is 2. The van der Waals surface area contributed by atoms with Gasteiger partial charge >= 0.3 is 11.9 Å². The lowest BCUT2D eigenvalue weighted by Gasteiger charge is -2.41. The molecule has 2 fully saturated rings. The quantitative estimate of drug-likeness (QED) is 0.237. The Kier molecular flexibility index (Phi) is 7.12. The summed E-state index contributed by atoms with van der Waals surface area (Å²) in [6.45, 7) is 9.83. The van der Waals surface area contributed by atoms with Crippen molar-refractivity contribution in [2.24, 2.45) is 5.92 Å². The first-order valence-electron chi connectivity index (χ1n) is 11.0. The van der Waals surface area contributed by atoms with Crippen molar-refractivity contribution >= 4 is 11.9 Å². The molecule has 2 aliphatic rings. The molecule has 2 saturated heterocycles. The molecule has 0 aliphatic carbocycles. The minimum absolute atomic E-state index is 0.141. The van der Waals surface area contributed by atoms with Gasteiger partial charge in [0.15, 0.2) is 5.60 Å². The van der Waals surface area contributed by atoms with E-state index in [1.54, 1.807) is 6.08 Å². The largest absolute Gasteiger partial charge is 0.456 e. The van der Waals surface area contributed by atoms with Crippen molar-refractivity contribution in [3.8, 4) is 12.3 Å². The first-order chi connectivity index (χ1) is 15.2. The van der Waals surface area contributed by atoms with Gasteiger partial charge in [0.1, 0.15) is 11.7 Å². The highest BCUT2D eigenvalue weighted by molar-refractivity contribution is 5.74. The first kappa shape index (κ1) is 24.0. The van der Waals surface area contributed by atoms with E-state index in [4.69, 9.17) is 25.4 Å². The molecule has 6 heteroatoms. The van der Waals surface area contributed by atoms with E-state index in [1.165, 1.54) is 6.92 Å². The molecule has 6 nitrogen and oxygen atoms in total.